The number of aromatic nitrogens is 2. The van der Waals surface area contributed by atoms with Crippen molar-refractivity contribution in [3.05, 3.63) is 47.4 Å². The van der Waals surface area contributed by atoms with Crippen molar-refractivity contribution in [2.45, 2.75) is 32.6 Å². The summed E-state index contributed by atoms with van der Waals surface area (Å²) >= 11 is 0. The quantitative estimate of drug-likeness (QED) is 0.794. The Balaban J connectivity index is 2.36. The molecule has 4 heteroatoms. The van der Waals surface area contributed by atoms with Crippen LogP contribution in [0.15, 0.2) is 30.3 Å². The van der Waals surface area contributed by atoms with E-state index in [9.17, 15) is 0 Å². The molecule has 0 saturated carbocycles. The minimum atomic E-state index is -0.113. The maximum absolute atomic E-state index is 6.02. The standard InChI is InChI=1S/C14H20N4/c1-14(2,3)13-17-11(12(15)18(13)16)9-10-7-5-4-6-8-10/h4-8H,9,15-16H2,1-3H3. The second-order valence-corrected chi connectivity index (χ2v) is 5.55. The fraction of sp³-hybridized carbons (Fsp3) is 0.357. The molecule has 0 aliphatic carbocycles. The van der Waals surface area contributed by atoms with Gasteiger partial charge >= 0.3 is 0 Å². The molecule has 18 heavy (non-hydrogen) atoms. The van der Waals surface area contributed by atoms with E-state index in [0.717, 1.165) is 11.5 Å². The molecule has 0 amide bonds. The van der Waals surface area contributed by atoms with Crippen LogP contribution in [0.25, 0.3) is 0 Å². The van der Waals surface area contributed by atoms with Crippen LogP contribution in [0.2, 0.25) is 0 Å². The van der Waals surface area contributed by atoms with E-state index in [1.54, 1.807) is 0 Å². The summed E-state index contributed by atoms with van der Waals surface area (Å²) in [5.41, 5.74) is 7.93. The van der Waals surface area contributed by atoms with Gasteiger partial charge in [0.1, 0.15) is 11.6 Å². The highest BCUT2D eigenvalue weighted by Gasteiger charge is 2.23. The van der Waals surface area contributed by atoms with Crippen LogP contribution in [0.1, 0.15) is 37.9 Å². The van der Waals surface area contributed by atoms with Gasteiger partial charge in [-0.05, 0) is 5.56 Å². The third kappa shape index (κ3) is 2.32. The van der Waals surface area contributed by atoms with Gasteiger partial charge in [-0.1, -0.05) is 51.1 Å². The van der Waals surface area contributed by atoms with Crippen LogP contribution < -0.4 is 11.6 Å². The van der Waals surface area contributed by atoms with Crippen molar-refractivity contribution >= 4 is 5.82 Å². The molecule has 4 nitrogen and oxygen atoms in total. The number of nitrogens with two attached hydrogens (primary N) is 2. The van der Waals surface area contributed by atoms with Crippen molar-refractivity contribution < 1.29 is 0 Å². The molecule has 0 atom stereocenters. The molecular formula is C14H20N4. The molecule has 1 heterocycles. The fourth-order valence-electron chi connectivity index (χ4n) is 1.94. The molecule has 0 radical (unpaired) electrons. The maximum atomic E-state index is 6.02. The summed E-state index contributed by atoms with van der Waals surface area (Å²) in [4.78, 5) is 4.59. The van der Waals surface area contributed by atoms with E-state index < -0.39 is 0 Å². The molecule has 1 aromatic heterocycles. The summed E-state index contributed by atoms with van der Waals surface area (Å²) in [5, 5.41) is 0. The van der Waals surface area contributed by atoms with E-state index in [4.69, 9.17) is 11.6 Å². The highest BCUT2D eigenvalue weighted by Crippen LogP contribution is 2.25. The van der Waals surface area contributed by atoms with Crippen LogP contribution in [0.5, 0.6) is 0 Å². The van der Waals surface area contributed by atoms with Gasteiger partial charge in [-0.25, -0.2) is 9.66 Å². The lowest BCUT2D eigenvalue weighted by molar-refractivity contribution is 0.531. The molecular weight excluding hydrogens is 224 g/mol. The third-order valence-electron chi connectivity index (χ3n) is 2.91. The predicted molar refractivity (Wildman–Crippen MR) is 74.7 cm³/mol. The van der Waals surface area contributed by atoms with E-state index in [2.05, 4.69) is 37.9 Å². The third-order valence-corrected chi connectivity index (χ3v) is 2.91. The van der Waals surface area contributed by atoms with E-state index >= 15 is 0 Å². The molecule has 1 aromatic carbocycles. The van der Waals surface area contributed by atoms with Gasteiger partial charge in [0.15, 0.2) is 0 Å². The summed E-state index contributed by atoms with van der Waals surface area (Å²) in [7, 11) is 0. The number of nitrogens with zero attached hydrogens (tertiary/aromatic N) is 2. The van der Waals surface area contributed by atoms with Crippen molar-refractivity contribution in [1.82, 2.24) is 9.66 Å². The van der Waals surface area contributed by atoms with Crippen LogP contribution in [-0.2, 0) is 11.8 Å². The first-order valence-electron chi connectivity index (χ1n) is 6.06. The smallest absolute Gasteiger partial charge is 0.146 e. The number of nitrogen functional groups attached to an aromatic ring is 2. The minimum absolute atomic E-state index is 0.113. The summed E-state index contributed by atoms with van der Waals surface area (Å²) in [6, 6.07) is 10.1. The zero-order valence-electron chi connectivity index (χ0n) is 11.1. The summed E-state index contributed by atoms with van der Waals surface area (Å²) in [5.74, 6) is 7.33. The lowest BCUT2D eigenvalue weighted by Crippen LogP contribution is -2.24. The normalized spacial score (nSPS) is 11.7. The molecule has 0 aliphatic heterocycles. The van der Waals surface area contributed by atoms with Crippen LogP contribution in [0.3, 0.4) is 0 Å². The summed E-state index contributed by atoms with van der Waals surface area (Å²) < 4.78 is 1.50. The van der Waals surface area contributed by atoms with Crippen molar-refractivity contribution in [3.63, 3.8) is 0 Å². The largest absolute Gasteiger partial charge is 0.382 e. The molecule has 2 aromatic rings. The van der Waals surface area contributed by atoms with Gasteiger partial charge in [0.2, 0.25) is 0 Å². The maximum Gasteiger partial charge on any atom is 0.146 e. The van der Waals surface area contributed by atoms with Gasteiger partial charge in [-0.15, -0.1) is 0 Å². The van der Waals surface area contributed by atoms with Crippen LogP contribution in [0, 0.1) is 0 Å². The second-order valence-electron chi connectivity index (χ2n) is 5.55. The van der Waals surface area contributed by atoms with Gasteiger partial charge in [0.05, 0.1) is 5.69 Å². The van der Waals surface area contributed by atoms with Crippen LogP contribution in [-0.4, -0.2) is 9.66 Å². The number of benzene rings is 1. The molecule has 0 unspecified atom stereocenters. The van der Waals surface area contributed by atoms with Crippen molar-refractivity contribution in [2.75, 3.05) is 11.6 Å². The van der Waals surface area contributed by atoms with Crippen molar-refractivity contribution in [3.8, 4) is 0 Å². The molecule has 0 spiro atoms. The highest BCUT2D eigenvalue weighted by atomic mass is 15.4. The lowest BCUT2D eigenvalue weighted by atomic mass is 9.96. The minimum Gasteiger partial charge on any atom is -0.382 e. The number of hydrogen-bond donors (Lipinski definition) is 2. The molecule has 0 saturated heterocycles. The Hall–Kier alpha value is -1.97. The Bertz CT molecular complexity index is 535. The molecule has 0 bridgehead atoms. The van der Waals surface area contributed by atoms with Crippen LogP contribution in [0.4, 0.5) is 5.82 Å². The monoisotopic (exact) mass is 244 g/mol. The molecule has 0 fully saturated rings. The first kappa shape index (κ1) is 12.5. The predicted octanol–water partition coefficient (Wildman–Crippen LogP) is 2.07. The summed E-state index contributed by atoms with van der Waals surface area (Å²) in [6.07, 6.45) is 0.708. The van der Waals surface area contributed by atoms with E-state index in [-0.39, 0.29) is 5.41 Å². The number of anilines is 1. The average molecular weight is 244 g/mol. The highest BCUT2D eigenvalue weighted by molar-refractivity contribution is 5.42. The van der Waals surface area contributed by atoms with Gasteiger partial charge in [0, 0.05) is 11.8 Å². The van der Waals surface area contributed by atoms with E-state index in [1.807, 2.05) is 18.2 Å². The summed E-state index contributed by atoms with van der Waals surface area (Å²) in [6.45, 7) is 6.22. The average Bonchev–Trinajstić information content (AvgIpc) is 2.58. The van der Waals surface area contributed by atoms with E-state index in [0.29, 0.717) is 12.2 Å². The van der Waals surface area contributed by atoms with E-state index in [1.165, 1.54) is 10.2 Å². The van der Waals surface area contributed by atoms with Gasteiger partial charge in [-0.2, -0.15) is 0 Å². The van der Waals surface area contributed by atoms with Crippen molar-refractivity contribution in [2.24, 2.45) is 0 Å². The SMILES string of the molecule is CC(C)(C)c1nc(Cc2ccccc2)c(N)n1N. The zero-order valence-corrected chi connectivity index (χ0v) is 11.1. The Morgan fingerprint density at radius 1 is 1.17 bits per heavy atom. The number of hydrogen-bond acceptors (Lipinski definition) is 3. The fourth-order valence-corrected chi connectivity index (χ4v) is 1.94. The molecule has 96 valence electrons. The lowest BCUT2D eigenvalue weighted by Gasteiger charge is -2.17. The zero-order chi connectivity index (χ0) is 13.3. The molecule has 0 aliphatic rings. The number of rotatable bonds is 2. The molecule has 2 rings (SSSR count). The van der Waals surface area contributed by atoms with Gasteiger partial charge in [0.25, 0.3) is 0 Å². The Morgan fingerprint density at radius 3 is 2.28 bits per heavy atom. The van der Waals surface area contributed by atoms with Gasteiger partial charge in [-0.3, -0.25) is 0 Å². The second kappa shape index (κ2) is 4.37. The first-order valence-corrected chi connectivity index (χ1v) is 6.06. The Labute approximate surface area is 108 Å². The van der Waals surface area contributed by atoms with Crippen LogP contribution >= 0.6 is 0 Å². The Kier molecular flexibility index (Phi) is 3.03. The Morgan fingerprint density at radius 2 is 1.78 bits per heavy atom. The molecule has 4 N–H and O–H groups in total. The first-order chi connectivity index (χ1) is 8.39. The topological polar surface area (TPSA) is 69.9 Å². The number of imidazole rings is 1. The van der Waals surface area contributed by atoms with Gasteiger partial charge < -0.3 is 11.6 Å². The van der Waals surface area contributed by atoms with Crippen molar-refractivity contribution in [1.29, 1.82) is 0 Å².